The fourth-order valence-electron chi connectivity index (χ4n) is 5.63. The maximum absolute atomic E-state index is 2.48. The summed E-state index contributed by atoms with van der Waals surface area (Å²) in [6.07, 6.45) is 2.34. The zero-order valence-corrected chi connectivity index (χ0v) is 17.0. The summed E-state index contributed by atoms with van der Waals surface area (Å²) >= 11 is 0. The maximum atomic E-state index is 2.48. The Morgan fingerprint density at radius 1 is 0.778 bits per heavy atom. The molecule has 0 aliphatic heterocycles. The van der Waals surface area contributed by atoms with Crippen LogP contribution >= 0.6 is 0 Å². The van der Waals surface area contributed by atoms with E-state index in [1.165, 1.54) is 40.7 Å². The van der Waals surface area contributed by atoms with Crippen LogP contribution in [0.15, 0.2) is 78.9 Å². The molecule has 3 atom stereocenters. The van der Waals surface area contributed by atoms with Gasteiger partial charge in [-0.05, 0) is 58.9 Å². The lowest BCUT2D eigenvalue weighted by atomic mass is 9.71. The van der Waals surface area contributed by atoms with Crippen molar-refractivity contribution in [1.29, 1.82) is 0 Å². The van der Waals surface area contributed by atoms with Gasteiger partial charge >= 0.3 is 0 Å². The van der Waals surface area contributed by atoms with E-state index in [4.69, 9.17) is 0 Å². The quantitative estimate of drug-likeness (QED) is 0.466. The van der Waals surface area contributed by atoms with Crippen molar-refractivity contribution in [3.63, 3.8) is 0 Å². The van der Waals surface area contributed by atoms with Gasteiger partial charge in [-0.3, -0.25) is 0 Å². The van der Waals surface area contributed by atoms with Gasteiger partial charge in [-0.2, -0.15) is 0 Å². The molecule has 0 spiro atoms. The minimum Gasteiger partial charge on any atom is -0.0622 e. The summed E-state index contributed by atoms with van der Waals surface area (Å²) in [5.41, 5.74) is 7.65. The second-order valence-corrected chi connectivity index (χ2v) is 8.94. The van der Waals surface area contributed by atoms with Crippen molar-refractivity contribution in [2.45, 2.75) is 57.3 Å². The van der Waals surface area contributed by atoms with Gasteiger partial charge in [-0.1, -0.05) is 99.6 Å². The summed E-state index contributed by atoms with van der Waals surface area (Å²) < 4.78 is 0. The van der Waals surface area contributed by atoms with Crippen molar-refractivity contribution in [1.82, 2.24) is 0 Å². The highest BCUT2D eigenvalue weighted by molar-refractivity contribution is 5.52. The van der Waals surface area contributed by atoms with E-state index in [0.29, 0.717) is 5.92 Å². The molecular weight excluding hydrogens is 324 g/mol. The molecule has 0 bridgehead atoms. The standard InChI is InChI=1S/C27H30/c1-20-12-8-9-15-23(20)21(2)18-26(3)19-27(4,22-13-6-5-7-14-22)25-17-11-10-16-24(25)26/h5-17,21H,18-19H2,1-4H3. The van der Waals surface area contributed by atoms with Crippen LogP contribution in [-0.4, -0.2) is 0 Å². The van der Waals surface area contributed by atoms with Crippen LogP contribution < -0.4 is 0 Å². The highest BCUT2D eigenvalue weighted by Gasteiger charge is 2.48. The van der Waals surface area contributed by atoms with Crippen molar-refractivity contribution < 1.29 is 0 Å². The molecule has 0 heteroatoms. The second kappa shape index (κ2) is 6.68. The number of rotatable bonds is 4. The molecular formula is C27H30. The van der Waals surface area contributed by atoms with E-state index >= 15 is 0 Å². The van der Waals surface area contributed by atoms with Crippen molar-refractivity contribution >= 4 is 0 Å². The fourth-order valence-corrected chi connectivity index (χ4v) is 5.63. The van der Waals surface area contributed by atoms with Crippen LogP contribution in [0, 0.1) is 6.92 Å². The van der Waals surface area contributed by atoms with Crippen LogP contribution in [0.3, 0.4) is 0 Å². The summed E-state index contributed by atoms with van der Waals surface area (Å²) in [7, 11) is 0. The lowest BCUT2D eigenvalue weighted by Crippen LogP contribution is -2.26. The summed E-state index contributed by atoms with van der Waals surface area (Å²) in [6.45, 7) is 9.55. The van der Waals surface area contributed by atoms with Crippen LogP contribution in [0.4, 0.5) is 0 Å². The summed E-state index contributed by atoms with van der Waals surface area (Å²) in [5.74, 6) is 0.544. The van der Waals surface area contributed by atoms with Crippen LogP contribution in [0.5, 0.6) is 0 Å². The van der Waals surface area contributed by atoms with E-state index in [0.717, 1.165) is 0 Å². The molecule has 1 aliphatic rings. The first-order chi connectivity index (χ1) is 12.9. The smallest absolute Gasteiger partial charge is 0.0186 e. The predicted molar refractivity (Wildman–Crippen MR) is 116 cm³/mol. The van der Waals surface area contributed by atoms with E-state index < -0.39 is 0 Å². The molecule has 0 amide bonds. The molecule has 0 nitrogen and oxygen atoms in total. The van der Waals surface area contributed by atoms with Crippen molar-refractivity contribution in [3.8, 4) is 0 Å². The highest BCUT2D eigenvalue weighted by atomic mass is 14.5. The van der Waals surface area contributed by atoms with Crippen molar-refractivity contribution in [3.05, 3.63) is 107 Å². The molecule has 0 saturated heterocycles. The Balaban J connectivity index is 1.75. The Bertz CT molecular complexity index is 939. The minimum absolute atomic E-state index is 0.0814. The molecule has 138 valence electrons. The first-order valence-electron chi connectivity index (χ1n) is 10.2. The number of fused-ring (bicyclic) bond motifs is 1. The van der Waals surface area contributed by atoms with Gasteiger partial charge in [0.2, 0.25) is 0 Å². The Labute approximate surface area is 164 Å². The third-order valence-corrected chi connectivity index (χ3v) is 6.80. The molecule has 27 heavy (non-hydrogen) atoms. The van der Waals surface area contributed by atoms with Gasteiger partial charge < -0.3 is 0 Å². The van der Waals surface area contributed by atoms with Crippen molar-refractivity contribution in [2.75, 3.05) is 0 Å². The lowest BCUT2D eigenvalue weighted by molar-refractivity contribution is 0.349. The molecule has 0 heterocycles. The SMILES string of the molecule is Cc1ccccc1C(C)CC1(C)CC(C)(c2ccccc2)c2ccccc21. The second-order valence-electron chi connectivity index (χ2n) is 8.94. The Morgan fingerprint density at radius 3 is 2.07 bits per heavy atom. The minimum atomic E-state index is 0.0814. The van der Waals surface area contributed by atoms with Crippen LogP contribution in [-0.2, 0) is 10.8 Å². The third-order valence-electron chi connectivity index (χ3n) is 6.80. The van der Waals surface area contributed by atoms with E-state index in [1.54, 1.807) is 0 Å². The zero-order valence-electron chi connectivity index (χ0n) is 17.0. The van der Waals surface area contributed by atoms with Gasteiger partial charge in [0.25, 0.3) is 0 Å². The van der Waals surface area contributed by atoms with Gasteiger partial charge in [0, 0.05) is 5.41 Å². The van der Waals surface area contributed by atoms with Crippen molar-refractivity contribution in [2.24, 2.45) is 0 Å². The predicted octanol–water partition coefficient (Wildman–Crippen LogP) is 7.16. The number of hydrogen-bond acceptors (Lipinski definition) is 0. The third kappa shape index (κ3) is 3.02. The Kier molecular flexibility index (Phi) is 4.46. The highest BCUT2D eigenvalue weighted by Crippen LogP contribution is 2.55. The molecule has 0 radical (unpaired) electrons. The lowest BCUT2D eigenvalue weighted by Gasteiger charge is -2.33. The van der Waals surface area contributed by atoms with Gasteiger partial charge in [0.05, 0.1) is 0 Å². The topological polar surface area (TPSA) is 0 Å². The van der Waals surface area contributed by atoms with Gasteiger partial charge in [0.15, 0.2) is 0 Å². The average molecular weight is 355 g/mol. The monoisotopic (exact) mass is 354 g/mol. The largest absolute Gasteiger partial charge is 0.0622 e. The van der Waals surface area contributed by atoms with Gasteiger partial charge in [0.1, 0.15) is 0 Å². The van der Waals surface area contributed by atoms with Crippen LogP contribution in [0.1, 0.15) is 67.3 Å². The molecule has 3 unspecified atom stereocenters. The molecule has 1 aliphatic carbocycles. The first kappa shape index (κ1) is 18.0. The summed E-state index contributed by atoms with van der Waals surface area (Å²) in [4.78, 5) is 0. The molecule has 0 saturated carbocycles. The molecule has 3 aromatic carbocycles. The zero-order chi connectivity index (χ0) is 19.1. The summed E-state index contributed by atoms with van der Waals surface area (Å²) in [5, 5.41) is 0. The Hall–Kier alpha value is -2.34. The van der Waals surface area contributed by atoms with E-state index in [2.05, 4.69) is 107 Å². The van der Waals surface area contributed by atoms with E-state index in [9.17, 15) is 0 Å². The maximum Gasteiger partial charge on any atom is 0.0186 e. The van der Waals surface area contributed by atoms with Crippen LogP contribution in [0.25, 0.3) is 0 Å². The molecule has 0 fully saturated rings. The van der Waals surface area contributed by atoms with Gasteiger partial charge in [-0.25, -0.2) is 0 Å². The molecule has 3 aromatic rings. The number of aryl methyl sites for hydroxylation is 1. The first-order valence-corrected chi connectivity index (χ1v) is 10.2. The average Bonchev–Trinajstić information content (AvgIpc) is 2.91. The molecule has 0 N–H and O–H groups in total. The van der Waals surface area contributed by atoms with Gasteiger partial charge in [-0.15, -0.1) is 0 Å². The van der Waals surface area contributed by atoms with Crippen LogP contribution in [0.2, 0.25) is 0 Å². The number of benzene rings is 3. The molecule has 4 rings (SSSR count). The Morgan fingerprint density at radius 2 is 1.37 bits per heavy atom. The van der Waals surface area contributed by atoms with E-state index in [1.807, 2.05) is 0 Å². The normalized spacial score (nSPS) is 25.2. The molecule has 0 aromatic heterocycles. The number of hydrogen-bond donors (Lipinski definition) is 0. The van der Waals surface area contributed by atoms with E-state index in [-0.39, 0.29) is 10.8 Å². The fraction of sp³-hybridized carbons (Fsp3) is 0.333. The summed E-state index contributed by atoms with van der Waals surface area (Å²) in [6, 6.07) is 29.1.